The van der Waals surface area contributed by atoms with Crippen molar-refractivity contribution in [3.8, 4) is 0 Å². The second-order valence-electron chi connectivity index (χ2n) is 4.35. The van der Waals surface area contributed by atoms with Crippen molar-refractivity contribution in [2.75, 3.05) is 6.61 Å². The molecular weight excluding hydrogens is 152 g/mol. The summed E-state index contributed by atoms with van der Waals surface area (Å²) in [6.07, 6.45) is 2.45. The van der Waals surface area contributed by atoms with Gasteiger partial charge in [-0.2, -0.15) is 0 Å². The predicted octanol–water partition coefficient (Wildman–Crippen LogP) is 1.84. The molecule has 0 radical (unpaired) electrons. The third-order valence-electron chi connectivity index (χ3n) is 3.57. The van der Waals surface area contributed by atoms with Gasteiger partial charge in [0.05, 0.1) is 12.5 Å². The molecule has 68 valence electrons. The third kappa shape index (κ3) is 1.05. The summed E-state index contributed by atoms with van der Waals surface area (Å²) >= 11 is 0. The molecule has 0 spiro atoms. The van der Waals surface area contributed by atoms with Crippen molar-refractivity contribution < 1.29 is 9.53 Å². The molecule has 2 heteroatoms. The maximum Gasteiger partial charge on any atom is 0.309 e. The molecular formula is C10H16O2. The molecule has 0 aromatic rings. The van der Waals surface area contributed by atoms with E-state index in [1.807, 2.05) is 0 Å². The first-order valence-electron chi connectivity index (χ1n) is 4.87. The normalized spacial score (nSPS) is 47.0. The first-order chi connectivity index (χ1) is 5.70. The SMILES string of the molecule is CC1CC[C@@H](C)C2C(=O)OCC12. The van der Waals surface area contributed by atoms with Gasteiger partial charge in [0.15, 0.2) is 0 Å². The molecule has 1 aliphatic heterocycles. The van der Waals surface area contributed by atoms with Crippen LogP contribution < -0.4 is 0 Å². The highest BCUT2D eigenvalue weighted by Gasteiger charge is 2.45. The molecule has 0 aromatic heterocycles. The van der Waals surface area contributed by atoms with Crippen molar-refractivity contribution in [3.63, 3.8) is 0 Å². The highest BCUT2D eigenvalue weighted by atomic mass is 16.5. The van der Waals surface area contributed by atoms with Crippen LogP contribution in [0.5, 0.6) is 0 Å². The number of esters is 1. The molecule has 0 bridgehead atoms. The van der Waals surface area contributed by atoms with Crippen molar-refractivity contribution in [2.45, 2.75) is 26.7 Å². The Labute approximate surface area is 73.3 Å². The second-order valence-corrected chi connectivity index (χ2v) is 4.35. The number of carbonyl (C=O) groups is 1. The van der Waals surface area contributed by atoms with E-state index in [4.69, 9.17) is 4.74 Å². The van der Waals surface area contributed by atoms with E-state index >= 15 is 0 Å². The maximum atomic E-state index is 11.3. The van der Waals surface area contributed by atoms with E-state index in [0.29, 0.717) is 24.4 Å². The Morgan fingerprint density at radius 2 is 1.92 bits per heavy atom. The Kier molecular flexibility index (Phi) is 1.85. The highest BCUT2D eigenvalue weighted by Crippen LogP contribution is 2.42. The summed E-state index contributed by atoms with van der Waals surface area (Å²) in [4.78, 5) is 11.3. The molecule has 1 aliphatic carbocycles. The standard InChI is InChI=1S/C10H16O2/c1-6-3-4-7(2)9-8(6)5-12-10(9)11/h6-9H,3-5H2,1-2H3/t6?,7-,8?,9?/m1/s1. The van der Waals surface area contributed by atoms with Crippen molar-refractivity contribution in [1.82, 2.24) is 0 Å². The summed E-state index contributed by atoms with van der Waals surface area (Å²) in [5.74, 6) is 2.01. The molecule has 2 rings (SSSR count). The molecule has 1 heterocycles. The predicted molar refractivity (Wildman–Crippen MR) is 45.5 cm³/mol. The average molecular weight is 168 g/mol. The number of hydrogen-bond acceptors (Lipinski definition) is 2. The van der Waals surface area contributed by atoms with Crippen molar-refractivity contribution in [3.05, 3.63) is 0 Å². The summed E-state index contributed by atoms with van der Waals surface area (Å²) in [5, 5.41) is 0. The molecule has 3 unspecified atom stereocenters. The smallest absolute Gasteiger partial charge is 0.309 e. The first kappa shape index (κ1) is 8.09. The number of ether oxygens (including phenoxy) is 1. The van der Waals surface area contributed by atoms with Gasteiger partial charge in [-0.3, -0.25) is 4.79 Å². The van der Waals surface area contributed by atoms with Crippen LogP contribution >= 0.6 is 0 Å². The number of hydrogen-bond donors (Lipinski definition) is 0. The molecule has 2 aliphatic rings. The molecule has 12 heavy (non-hydrogen) atoms. The van der Waals surface area contributed by atoms with Gasteiger partial charge in [-0.05, 0) is 18.3 Å². The number of cyclic esters (lactones) is 1. The zero-order chi connectivity index (χ0) is 8.72. The summed E-state index contributed by atoms with van der Waals surface area (Å²) in [6.45, 7) is 5.09. The maximum absolute atomic E-state index is 11.3. The van der Waals surface area contributed by atoms with Crippen molar-refractivity contribution in [1.29, 1.82) is 0 Å². The third-order valence-corrected chi connectivity index (χ3v) is 3.57. The topological polar surface area (TPSA) is 26.3 Å². The minimum absolute atomic E-state index is 0.0547. The van der Waals surface area contributed by atoms with Crippen molar-refractivity contribution in [2.24, 2.45) is 23.7 Å². The van der Waals surface area contributed by atoms with Crippen LogP contribution in [0.25, 0.3) is 0 Å². The Bertz CT molecular complexity index is 200. The number of rotatable bonds is 0. The zero-order valence-corrected chi connectivity index (χ0v) is 7.75. The van der Waals surface area contributed by atoms with Gasteiger partial charge >= 0.3 is 5.97 Å². The fourth-order valence-corrected chi connectivity index (χ4v) is 2.64. The Hall–Kier alpha value is -0.530. The fraction of sp³-hybridized carbons (Fsp3) is 0.900. The zero-order valence-electron chi connectivity index (χ0n) is 7.75. The van der Waals surface area contributed by atoms with E-state index in [-0.39, 0.29) is 11.9 Å². The van der Waals surface area contributed by atoms with Crippen molar-refractivity contribution >= 4 is 5.97 Å². The van der Waals surface area contributed by atoms with Gasteiger partial charge in [0.25, 0.3) is 0 Å². The van der Waals surface area contributed by atoms with E-state index in [2.05, 4.69) is 13.8 Å². The molecule has 1 saturated heterocycles. The highest BCUT2D eigenvalue weighted by molar-refractivity contribution is 5.75. The van der Waals surface area contributed by atoms with E-state index < -0.39 is 0 Å². The lowest BCUT2D eigenvalue weighted by atomic mass is 9.69. The van der Waals surface area contributed by atoms with Gasteiger partial charge in [-0.25, -0.2) is 0 Å². The molecule has 1 saturated carbocycles. The van der Waals surface area contributed by atoms with Crippen LogP contribution in [0.2, 0.25) is 0 Å². The quantitative estimate of drug-likeness (QED) is 0.516. The van der Waals surface area contributed by atoms with Gasteiger partial charge in [0, 0.05) is 5.92 Å². The fourth-order valence-electron chi connectivity index (χ4n) is 2.64. The first-order valence-corrected chi connectivity index (χ1v) is 4.87. The molecule has 4 atom stereocenters. The van der Waals surface area contributed by atoms with E-state index in [1.165, 1.54) is 12.8 Å². The molecule has 0 N–H and O–H groups in total. The monoisotopic (exact) mass is 168 g/mol. The summed E-state index contributed by atoms with van der Waals surface area (Å²) in [6, 6.07) is 0. The molecule has 2 nitrogen and oxygen atoms in total. The lowest BCUT2D eigenvalue weighted by molar-refractivity contribution is -0.142. The van der Waals surface area contributed by atoms with Crippen LogP contribution in [0.15, 0.2) is 0 Å². The van der Waals surface area contributed by atoms with Gasteiger partial charge in [-0.1, -0.05) is 20.3 Å². The van der Waals surface area contributed by atoms with Gasteiger partial charge < -0.3 is 4.74 Å². The number of fused-ring (bicyclic) bond motifs is 1. The molecule has 2 fully saturated rings. The Morgan fingerprint density at radius 1 is 1.25 bits per heavy atom. The lowest BCUT2D eigenvalue weighted by Crippen LogP contribution is -2.32. The second kappa shape index (κ2) is 2.75. The minimum atomic E-state index is 0.0547. The number of carbonyl (C=O) groups excluding carboxylic acids is 1. The van der Waals surface area contributed by atoms with Crippen LogP contribution in [-0.4, -0.2) is 12.6 Å². The summed E-state index contributed by atoms with van der Waals surface area (Å²) in [5.41, 5.74) is 0. The summed E-state index contributed by atoms with van der Waals surface area (Å²) < 4.78 is 5.10. The van der Waals surface area contributed by atoms with Gasteiger partial charge in [0.2, 0.25) is 0 Å². The Balaban J connectivity index is 2.18. The molecule has 0 aromatic carbocycles. The minimum Gasteiger partial charge on any atom is -0.465 e. The molecule has 0 amide bonds. The lowest BCUT2D eigenvalue weighted by Gasteiger charge is -2.32. The Morgan fingerprint density at radius 3 is 2.58 bits per heavy atom. The average Bonchev–Trinajstić information content (AvgIpc) is 2.42. The van der Waals surface area contributed by atoms with Gasteiger partial charge in [0.1, 0.15) is 0 Å². The largest absolute Gasteiger partial charge is 0.465 e. The van der Waals surface area contributed by atoms with Crippen LogP contribution in [0.3, 0.4) is 0 Å². The van der Waals surface area contributed by atoms with Crippen LogP contribution in [0.4, 0.5) is 0 Å². The van der Waals surface area contributed by atoms with Gasteiger partial charge in [-0.15, -0.1) is 0 Å². The summed E-state index contributed by atoms with van der Waals surface area (Å²) in [7, 11) is 0. The van der Waals surface area contributed by atoms with Crippen LogP contribution in [0, 0.1) is 23.7 Å². The van der Waals surface area contributed by atoms with E-state index in [0.717, 1.165) is 0 Å². The van der Waals surface area contributed by atoms with E-state index in [9.17, 15) is 4.79 Å². The van der Waals surface area contributed by atoms with Crippen LogP contribution in [-0.2, 0) is 9.53 Å². The van der Waals surface area contributed by atoms with E-state index in [1.54, 1.807) is 0 Å². The van der Waals surface area contributed by atoms with Crippen LogP contribution in [0.1, 0.15) is 26.7 Å².